The van der Waals surface area contributed by atoms with Crippen LogP contribution in [0, 0.1) is 17.5 Å². The summed E-state index contributed by atoms with van der Waals surface area (Å²) >= 11 is 0. The lowest BCUT2D eigenvalue weighted by atomic mass is 10.2. The van der Waals surface area contributed by atoms with E-state index in [9.17, 15) is 13.2 Å². The summed E-state index contributed by atoms with van der Waals surface area (Å²) in [5.74, 6) is -2.96. The van der Waals surface area contributed by atoms with Crippen LogP contribution >= 0.6 is 0 Å². The molecule has 0 amide bonds. The second kappa shape index (κ2) is 5.88. The molecule has 1 aromatic rings. The Bertz CT molecular complexity index is 360. The molecule has 0 spiro atoms. The van der Waals surface area contributed by atoms with Crippen LogP contribution in [0.5, 0.6) is 0 Å². The van der Waals surface area contributed by atoms with Gasteiger partial charge < -0.3 is 14.8 Å². The predicted molar refractivity (Wildman–Crippen MR) is 57.2 cm³/mol. The van der Waals surface area contributed by atoms with Gasteiger partial charge in [0.25, 0.3) is 0 Å². The van der Waals surface area contributed by atoms with E-state index in [-0.39, 0.29) is 0 Å². The van der Waals surface area contributed by atoms with Gasteiger partial charge in [0, 0.05) is 26.4 Å². The van der Waals surface area contributed by atoms with E-state index in [0.717, 1.165) is 0 Å². The molecule has 1 N–H and O–H groups in total. The van der Waals surface area contributed by atoms with Crippen LogP contribution in [0.2, 0.25) is 0 Å². The second-order valence-corrected chi connectivity index (χ2v) is 3.52. The molecule has 0 bridgehead atoms. The summed E-state index contributed by atoms with van der Waals surface area (Å²) in [7, 11) is 2.81. The second-order valence-electron chi connectivity index (χ2n) is 3.52. The fraction of sp³-hybridized carbons (Fsp3) is 0.455. The highest BCUT2D eigenvalue weighted by molar-refractivity contribution is 5.47. The van der Waals surface area contributed by atoms with E-state index in [1.807, 2.05) is 0 Å². The maximum atomic E-state index is 13.3. The lowest BCUT2D eigenvalue weighted by molar-refractivity contribution is -0.109. The minimum atomic E-state index is -1.000. The zero-order valence-corrected chi connectivity index (χ0v) is 9.76. The molecule has 1 atom stereocenters. The van der Waals surface area contributed by atoms with Crippen molar-refractivity contribution in [3.63, 3.8) is 0 Å². The minimum Gasteiger partial charge on any atom is -0.373 e. The van der Waals surface area contributed by atoms with Crippen LogP contribution in [0.1, 0.15) is 6.92 Å². The highest BCUT2D eigenvalue weighted by Gasteiger charge is 2.19. The molecule has 0 aliphatic carbocycles. The molecule has 1 rings (SSSR count). The molecule has 3 nitrogen and oxygen atoms in total. The molecule has 0 fully saturated rings. The van der Waals surface area contributed by atoms with Gasteiger partial charge in [0.15, 0.2) is 17.9 Å². The maximum Gasteiger partial charge on any atom is 0.176 e. The van der Waals surface area contributed by atoms with Crippen molar-refractivity contribution < 1.29 is 22.6 Å². The van der Waals surface area contributed by atoms with Crippen molar-refractivity contribution in [2.75, 3.05) is 19.5 Å². The summed E-state index contributed by atoms with van der Waals surface area (Å²) in [6, 6.07) is 0.707. The van der Waals surface area contributed by atoms with E-state index >= 15 is 0 Å². The van der Waals surface area contributed by atoms with Crippen molar-refractivity contribution >= 4 is 5.69 Å². The fourth-order valence-electron chi connectivity index (χ4n) is 1.48. The Morgan fingerprint density at radius 3 is 1.94 bits per heavy atom. The molecule has 96 valence electrons. The number of halogens is 3. The average Bonchev–Trinajstić information content (AvgIpc) is 2.25. The number of hydrogen-bond donors (Lipinski definition) is 1. The Kier molecular flexibility index (Phi) is 4.77. The maximum absolute atomic E-state index is 13.3. The van der Waals surface area contributed by atoms with E-state index in [1.165, 1.54) is 14.2 Å². The Hall–Kier alpha value is -1.27. The smallest absolute Gasteiger partial charge is 0.176 e. The van der Waals surface area contributed by atoms with Crippen molar-refractivity contribution in [3.05, 3.63) is 29.6 Å². The monoisotopic (exact) mass is 249 g/mol. The summed E-state index contributed by atoms with van der Waals surface area (Å²) in [4.78, 5) is 0. The molecule has 0 aliphatic rings. The predicted octanol–water partition coefficient (Wildman–Crippen LogP) is 2.52. The van der Waals surface area contributed by atoms with Gasteiger partial charge in [-0.25, -0.2) is 13.2 Å². The molecular formula is C11H14F3NO2. The Labute approximate surface area is 97.5 Å². The number of nitrogens with one attached hydrogen (secondary N) is 1. The first-order valence-corrected chi connectivity index (χ1v) is 4.96. The minimum absolute atomic E-state index is 0.405. The van der Waals surface area contributed by atoms with Gasteiger partial charge in [-0.15, -0.1) is 0 Å². The number of ether oxygens (including phenoxy) is 2. The Balaban J connectivity index is 2.88. The van der Waals surface area contributed by atoms with Crippen LogP contribution in [0.4, 0.5) is 18.9 Å². The summed E-state index contributed by atoms with van der Waals surface area (Å²) in [5.41, 5.74) is -0.405. The first kappa shape index (κ1) is 13.8. The van der Waals surface area contributed by atoms with Gasteiger partial charge in [0.05, 0.1) is 6.04 Å². The van der Waals surface area contributed by atoms with Crippen LogP contribution < -0.4 is 5.32 Å². The quantitative estimate of drug-likeness (QED) is 0.813. The topological polar surface area (TPSA) is 30.5 Å². The number of methoxy groups -OCH3 is 2. The van der Waals surface area contributed by atoms with Gasteiger partial charge in [-0.05, 0) is 6.92 Å². The fourth-order valence-corrected chi connectivity index (χ4v) is 1.48. The molecule has 1 unspecified atom stereocenters. The lowest BCUT2D eigenvalue weighted by Crippen LogP contribution is -2.34. The lowest BCUT2D eigenvalue weighted by Gasteiger charge is -2.23. The van der Waals surface area contributed by atoms with Gasteiger partial charge in [0.2, 0.25) is 0 Å². The van der Waals surface area contributed by atoms with E-state index in [2.05, 4.69) is 5.32 Å². The average molecular weight is 249 g/mol. The number of anilines is 1. The van der Waals surface area contributed by atoms with Crippen molar-refractivity contribution in [2.24, 2.45) is 0 Å². The summed E-state index contributed by atoms with van der Waals surface area (Å²) in [5, 5.41) is 2.54. The van der Waals surface area contributed by atoms with E-state index < -0.39 is 35.5 Å². The van der Waals surface area contributed by atoms with E-state index in [4.69, 9.17) is 9.47 Å². The zero-order valence-electron chi connectivity index (χ0n) is 9.76. The third-order valence-electron chi connectivity index (χ3n) is 2.25. The highest BCUT2D eigenvalue weighted by Crippen LogP contribution is 2.21. The van der Waals surface area contributed by atoms with Crippen LogP contribution in [-0.4, -0.2) is 26.6 Å². The van der Waals surface area contributed by atoms with Gasteiger partial charge in [-0.3, -0.25) is 0 Å². The van der Waals surface area contributed by atoms with E-state index in [0.29, 0.717) is 12.1 Å². The van der Waals surface area contributed by atoms with Crippen LogP contribution in [0.25, 0.3) is 0 Å². The number of hydrogen-bond acceptors (Lipinski definition) is 3. The standard InChI is InChI=1S/C11H14F3NO2/c1-6(11(16-2)17-3)15-10-8(13)4-7(12)5-9(10)14/h4-6,11,15H,1-3H3. The molecule has 0 saturated carbocycles. The Morgan fingerprint density at radius 1 is 1.06 bits per heavy atom. The van der Waals surface area contributed by atoms with Gasteiger partial charge in [-0.2, -0.15) is 0 Å². The van der Waals surface area contributed by atoms with Crippen molar-refractivity contribution in [3.8, 4) is 0 Å². The van der Waals surface area contributed by atoms with Crippen molar-refractivity contribution in [1.82, 2.24) is 0 Å². The highest BCUT2D eigenvalue weighted by atomic mass is 19.1. The largest absolute Gasteiger partial charge is 0.373 e. The molecular weight excluding hydrogens is 235 g/mol. The summed E-state index contributed by atoms with van der Waals surface area (Å²) in [6.45, 7) is 1.62. The molecule has 0 radical (unpaired) electrons. The zero-order chi connectivity index (χ0) is 13.0. The van der Waals surface area contributed by atoms with Crippen LogP contribution in [-0.2, 0) is 9.47 Å². The van der Waals surface area contributed by atoms with Crippen molar-refractivity contribution in [1.29, 1.82) is 0 Å². The Morgan fingerprint density at radius 2 is 1.53 bits per heavy atom. The van der Waals surface area contributed by atoms with Gasteiger partial charge >= 0.3 is 0 Å². The molecule has 0 aliphatic heterocycles. The first-order valence-electron chi connectivity index (χ1n) is 4.96. The molecule has 0 heterocycles. The molecule has 6 heteroatoms. The number of rotatable bonds is 5. The molecule has 0 aromatic heterocycles. The third kappa shape index (κ3) is 3.34. The molecule has 0 saturated heterocycles. The molecule has 1 aromatic carbocycles. The first-order chi connectivity index (χ1) is 7.99. The third-order valence-corrected chi connectivity index (χ3v) is 2.25. The van der Waals surface area contributed by atoms with Crippen molar-refractivity contribution in [2.45, 2.75) is 19.3 Å². The van der Waals surface area contributed by atoms with Gasteiger partial charge in [0.1, 0.15) is 11.5 Å². The summed E-state index contributed by atoms with van der Waals surface area (Å²) < 4.78 is 49.2. The SMILES string of the molecule is COC(OC)C(C)Nc1c(F)cc(F)cc1F. The van der Waals surface area contributed by atoms with Gasteiger partial charge in [-0.1, -0.05) is 0 Å². The van der Waals surface area contributed by atoms with Crippen LogP contribution in [0.15, 0.2) is 12.1 Å². The van der Waals surface area contributed by atoms with Crippen LogP contribution in [0.3, 0.4) is 0 Å². The molecule has 17 heavy (non-hydrogen) atoms. The number of benzene rings is 1. The normalized spacial score (nSPS) is 12.9. The summed E-state index contributed by atoms with van der Waals surface area (Å²) in [6.07, 6.45) is -0.668. The van der Waals surface area contributed by atoms with E-state index in [1.54, 1.807) is 6.92 Å².